The number of hydrogen-bond donors (Lipinski definition) is 4. The van der Waals surface area contributed by atoms with Crippen molar-refractivity contribution >= 4 is 17.6 Å². The summed E-state index contributed by atoms with van der Waals surface area (Å²) in [5, 5.41) is 21.2. The third-order valence-electron chi connectivity index (χ3n) is 4.16. The lowest BCUT2D eigenvalue weighted by Crippen LogP contribution is -2.44. The molecule has 114 valence electrons. The fourth-order valence-corrected chi connectivity index (χ4v) is 2.83. The van der Waals surface area contributed by atoms with Gasteiger partial charge in [0.2, 0.25) is 5.91 Å². The summed E-state index contributed by atoms with van der Waals surface area (Å²) in [4.78, 5) is 23.7. The van der Waals surface area contributed by atoms with Crippen molar-refractivity contribution in [3.63, 3.8) is 0 Å². The zero-order chi connectivity index (χ0) is 15.5. The molecule has 2 rings (SSSR count). The second-order valence-corrected chi connectivity index (χ2v) is 5.53. The second kappa shape index (κ2) is 6.13. The van der Waals surface area contributed by atoms with Gasteiger partial charge in [-0.25, -0.2) is 4.79 Å². The van der Waals surface area contributed by atoms with E-state index in [0.717, 1.165) is 38.2 Å². The van der Waals surface area contributed by atoms with Crippen LogP contribution in [0.3, 0.4) is 0 Å². The number of carbonyl (C=O) groups excluding carboxylic acids is 1. The predicted molar refractivity (Wildman–Crippen MR) is 78.3 cm³/mol. The monoisotopic (exact) mass is 292 g/mol. The molecule has 0 unspecified atom stereocenters. The van der Waals surface area contributed by atoms with Gasteiger partial charge in [0.15, 0.2) is 0 Å². The molecular formula is C15H20N2O4. The van der Waals surface area contributed by atoms with Gasteiger partial charge in [0.25, 0.3) is 0 Å². The second-order valence-electron chi connectivity index (χ2n) is 5.53. The number of carboxylic acid groups (broad SMARTS) is 1. The number of phenolic OH excluding ortho intramolecular Hbond substituents is 1. The summed E-state index contributed by atoms with van der Waals surface area (Å²) in [5.41, 5.74) is 5.23. The summed E-state index contributed by atoms with van der Waals surface area (Å²) in [6.45, 7) is 0.249. The Morgan fingerprint density at radius 1 is 1.24 bits per heavy atom. The molecule has 6 nitrogen and oxygen atoms in total. The van der Waals surface area contributed by atoms with Gasteiger partial charge in [0.1, 0.15) is 5.75 Å². The number of benzene rings is 1. The van der Waals surface area contributed by atoms with E-state index in [1.807, 2.05) is 0 Å². The molecule has 1 aliphatic carbocycles. The van der Waals surface area contributed by atoms with Crippen molar-refractivity contribution in [1.29, 1.82) is 0 Å². The summed E-state index contributed by atoms with van der Waals surface area (Å²) < 4.78 is 0. The standard InChI is InChI=1S/C15H20N2O4/c16-9-15(6-2-1-3-7-15)14(21)17-12-5-4-10(18)8-11(12)13(19)20/h4-5,8,18H,1-3,6-7,9,16H2,(H,17,21)(H,19,20). The first-order valence-corrected chi connectivity index (χ1v) is 7.06. The lowest BCUT2D eigenvalue weighted by molar-refractivity contribution is -0.126. The van der Waals surface area contributed by atoms with Crippen molar-refractivity contribution in [3.8, 4) is 5.75 Å². The molecule has 5 N–H and O–H groups in total. The maximum atomic E-state index is 12.5. The Kier molecular flexibility index (Phi) is 4.47. The van der Waals surface area contributed by atoms with Crippen LogP contribution < -0.4 is 11.1 Å². The molecule has 1 aromatic rings. The largest absolute Gasteiger partial charge is 0.508 e. The van der Waals surface area contributed by atoms with Crippen molar-refractivity contribution < 1.29 is 19.8 Å². The van der Waals surface area contributed by atoms with Gasteiger partial charge in [0.05, 0.1) is 16.7 Å². The van der Waals surface area contributed by atoms with Crippen LogP contribution >= 0.6 is 0 Å². The molecule has 0 heterocycles. The van der Waals surface area contributed by atoms with Crippen LogP contribution in [0, 0.1) is 5.41 Å². The molecule has 0 saturated heterocycles. The molecule has 1 saturated carbocycles. The fraction of sp³-hybridized carbons (Fsp3) is 0.467. The Balaban J connectivity index is 2.24. The number of phenols is 1. The van der Waals surface area contributed by atoms with Crippen molar-refractivity contribution in [2.45, 2.75) is 32.1 Å². The average molecular weight is 292 g/mol. The van der Waals surface area contributed by atoms with E-state index < -0.39 is 11.4 Å². The van der Waals surface area contributed by atoms with E-state index in [2.05, 4.69) is 5.32 Å². The minimum Gasteiger partial charge on any atom is -0.508 e. The highest BCUT2D eigenvalue weighted by Crippen LogP contribution is 2.37. The number of amides is 1. The van der Waals surface area contributed by atoms with Crippen LogP contribution in [0.5, 0.6) is 5.75 Å². The number of rotatable bonds is 4. The molecule has 6 heteroatoms. The van der Waals surface area contributed by atoms with Gasteiger partial charge in [-0.15, -0.1) is 0 Å². The minimum absolute atomic E-state index is 0.133. The highest BCUT2D eigenvalue weighted by Gasteiger charge is 2.38. The topological polar surface area (TPSA) is 113 Å². The lowest BCUT2D eigenvalue weighted by atomic mass is 9.73. The van der Waals surface area contributed by atoms with E-state index in [1.165, 1.54) is 12.1 Å². The van der Waals surface area contributed by atoms with Gasteiger partial charge < -0.3 is 21.3 Å². The predicted octanol–water partition coefficient (Wildman–Crippen LogP) is 1.94. The Labute approximate surface area is 123 Å². The van der Waals surface area contributed by atoms with E-state index in [0.29, 0.717) is 0 Å². The first-order valence-electron chi connectivity index (χ1n) is 7.06. The summed E-state index contributed by atoms with van der Waals surface area (Å²) in [5.74, 6) is -1.60. The zero-order valence-corrected chi connectivity index (χ0v) is 11.8. The number of carbonyl (C=O) groups is 2. The summed E-state index contributed by atoms with van der Waals surface area (Å²) in [6.07, 6.45) is 4.43. The van der Waals surface area contributed by atoms with Crippen LogP contribution in [0.4, 0.5) is 5.69 Å². The van der Waals surface area contributed by atoms with Crippen molar-refractivity contribution in [3.05, 3.63) is 23.8 Å². The van der Waals surface area contributed by atoms with Crippen molar-refractivity contribution in [1.82, 2.24) is 0 Å². The number of nitrogens with one attached hydrogen (secondary N) is 1. The van der Waals surface area contributed by atoms with E-state index in [-0.39, 0.29) is 29.5 Å². The summed E-state index contributed by atoms with van der Waals surface area (Å²) in [6, 6.07) is 3.86. The molecule has 0 spiro atoms. The molecule has 0 bridgehead atoms. The molecule has 1 aromatic carbocycles. The molecule has 1 fully saturated rings. The van der Waals surface area contributed by atoms with Gasteiger partial charge in [-0.2, -0.15) is 0 Å². The molecule has 0 aliphatic heterocycles. The molecule has 21 heavy (non-hydrogen) atoms. The van der Waals surface area contributed by atoms with Crippen LogP contribution in [0.2, 0.25) is 0 Å². The van der Waals surface area contributed by atoms with E-state index in [1.54, 1.807) is 0 Å². The first kappa shape index (κ1) is 15.3. The third kappa shape index (κ3) is 3.16. The van der Waals surface area contributed by atoms with Gasteiger partial charge >= 0.3 is 5.97 Å². The Morgan fingerprint density at radius 2 is 1.90 bits per heavy atom. The summed E-state index contributed by atoms with van der Waals surface area (Å²) >= 11 is 0. The fourth-order valence-electron chi connectivity index (χ4n) is 2.83. The highest BCUT2D eigenvalue weighted by atomic mass is 16.4. The number of aromatic hydroxyl groups is 1. The number of hydrogen-bond acceptors (Lipinski definition) is 4. The number of carboxylic acids is 1. The molecule has 0 radical (unpaired) electrons. The molecule has 0 aromatic heterocycles. The Bertz CT molecular complexity index is 551. The van der Waals surface area contributed by atoms with Crippen molar-refractivity contribution in [2.75, 3.05) is 11.9 Å². The van der Waals surface area contributed by atoms with E-state index in [4.69, 9.17) is 10.8 Å². The smallest absolute Gasteiger partial charge is 0.337 e. The Morgan fingerprint density at radius 3 is 2.48 bits per heavy atom. The number of aromatic carboxylic acids is 1. The van der Waals surface area contributed by atoms with Crippen molar-refractivity contribution in [2.24, 2.45) is 11.1 Å². The minimum atomic E-state index is -1.20. The molecular weight excluding hydrogens is 272 g/mol. The SMILES string of the molecule is NCC1(C(=O)Nc2ccc(O)cc2C(=O)O)CCCCC1. The molecule has 1 amide bonds. The van der Waals surface area contributed by atoms with Crippen LogP contribution in [-0.2, 0) is 4.79 Å². The summed E-state index contributed by atoms with van der Waals surface area (Å²) in [7, 11) is 0. The maximum Gasteiger partial charge on any atom is 0.337 e. The third-order valence-corrected chi connectivity index (χ3v) is 4.16. The van der Waals surface area contributed by atoms with Gasteiger partial charge in [-0.05, 0) is 31.0 Å². The van der Waals surface area contributed by atoms with Gasteiger partial charge in [0, 0.05) is 6.54 Å². The van der Waals surface area contributed by atoms with Gasteiger partial charge in [-0.3, -0.25) is 4.79 Å². The number of anilines is 1. The first-order chi connectivity index (χ1) is 9.98. The number of nitrogens with two attached hydrogens (primary N) is 1. The van der Waals surface area contributed by atoms with Crippen LogP contribution in [0.25, 0.3) is 0 Å². The quantitative estimate of drug-likeness (QED) is 0.633. The maximum absolute atomic E-state index is 12.5. The zero-order valence-electron chi connectivity index (χ0n) is 11.8. The van der Waals surface area contributed by atoms with Crippen LogP contribution in [-0.4, -0.2) is 28.6 Å². The van der Waals surface area contributed by atoms with Gasteiger partial charge in [-0.1, -0.05) is 19.3 Å². The van der Waals surface area contributed by atoms with E-state index in [9.17, 15) is 14.7 Å². The normalized spacial score (nSPS) is 17.2. The Hall–Kier alpha value is -2.08. The average Bonchev–Trinajstić information content (AvgIpc) is 2.49. The van der Waals surface area contributed by atoms with Crippen LogP contribution in [0.1, 0.15) is 42.5 Å². The highest BCUT2D eigenvalue weighted by molar-refractivity contribution is 6.02. The van der Waals surface area contributed by atoms with Crippen LogP contribution in [0.15, 0.2) is 18.2 Å². The molecule has 0 atom stereocenters. The lowest BCUT2D eigenvalue weighted by Gasteiger charge is -2.34. The van der Waals surface area contributed by atoms with E-state index >= 15 is 0 Å². The molecule has 1 aliphatic rings.